The highest BCUT2D eigenvalue weighted by atomic mass is 16.7. The third-order valence-corrected chi connectivity index (χ3v) is 4.46. The number of hydrogen-bond acceptors (Lipinski definition) is 6. The number of Topliss-reactive ketones (excluding diaryl/α,β-unsaturated/α-hetero) is 1. The molecule has 142 valence electrons. The molecule has 0 aliphatic heterocycles. The molecule has 0 saturated carbocycles. The van der Waals surface area contributed by atoms with E-state index in [4.69, 9.17) is 0 Å². The van der Waals surface area contributed by atoms with E-state index in [0.717, 1.165) is 33.4 Å². The highest BCUT2D eigenvalue weighted by molar-refractivity contribution is 6.45. The van der Waals surface area contributed by atoms with Crippen LogP contribution in [-0.4, -0.2) is 22.4 Å². The summed E-state index contributed by atoms with van der Waals surface area (Å²) in [6.07, 6.45) is 0. The predicted octanol–water partition coefficient (Wildman–Crippen LogP) is 4.54. The first-order chi connectivity index (χ1) is 13.2. The standard InChI is InChI=1S/C21H18N2O5/c1-11(2)20-18-9-14(21(25)12(3)22-28-13(4)24)5-7-16(18)17-8-6-15(23(26)27)10-19(17)20/h5-10H,1-4H3/b22-12-. The number of benzene rings is 2. The number of non-ortho nitro benzene ring substituents is 1. The lowest BCUT2D eigenvalue weighted by molar-refractivity contribution is -0.384. The highest BCUT2D eigenvalue weighted by Gasteiger charge is 2.27. The fourth-order valence-electron chi connectivity index (χ4n) is 3.28. The van der Waals surface area contributed by atoms with Gasteiger partial charge in [0, 0.05) is 24.6 Å². The summed E-state index contributed by atoms with van der Waals surface area (Å²) in [6.45, 7) is 6.52. The van der Waals surface area contributed by atoms with Crippen molar-refractivity contribution in [1.29, 1.82) is 0 Å². The lowest BCUT2D eigenvalue weighted by Gasteiger charge is -2.07. The van der Waals surface area contributed by atoms with Crippen molar-refractivity contribution in [2.75, 3.05) is 0 Å². The summed E-state index contributed by atoms with van der Waals surface area (Å²) >= 11 is 0. The van der Waals surface area contributed by atoms with Gasteiger partial charge in [-0.1, -0.05) is 22.9 Å². The normalized spacial score (nSPS) is 12.3. The van der Waals surface area contributed by atoms with Gasteiger partial charge in [-0.3, -0.25) is 14.9 Å². The van der Waals surface area contributed by atoms with Crippen LogP contribution in [0.15, 0.2) is 47.1 Å². The minimum Gasteiger partial charge on any atom is -0.318 e. The maximum atomic E-state index is 12.6. The maximum Gasteiger partial charge on any atom is 0.331 e. The zero-order chi connectivity index (χ0) is 20.6. The molecule has 7 nitrogen and oxygen atoms in total. The summed E-state index contributed by atoms with van der Waals surface area (Å²) in [4.78, 5) is 38.8. The summed E-state index contributed by atoms with van der Waals surface area (Å²) in [6, 6.07) is 10.0. The number of ketones is 1. The van der Waals surface area contributed by atoms with E-state index in [1.54, 1.807) is 24.3 Å². The first kappa shape index (κ1) is 19.2. The molecule has 0 fully saturated rings. The van der Waals surface area contributed by atoms with Crippen LogP contribution in [0.1, 0.15) is 49.2 Å². The minimum absolute atomic E-state index is 0.0194. The van der Waals surface area contributed by atoms with Crippen molar-refractivity contribution < 1.29 is 19.3 Å². The summed E-state index contributed by atoms with van der Waals surface area (Å²) < 4.78 is 0. The maximum absolute atomic E-state index is 12.6. The molecular formula is C21H18N2O5. The Morgan fingerprint density at radius 1 is 0.929 bits per heavy atom. The third-order valence-electron chi connectivity index (χ3n) is 4.46. The molecular weight excluding hydrogens is 360 g/mol. The molecule has 0 unspecified atom stereocenters. The van der Waals surface area contributed by atoms with Crippen molar-refractivity contribution in [3.05, 3.63) is 68.8 Å². The molecule has 1 aliphatic rings. The lowest BCUT2D eigenvalue weighted by Crippen LogP contribution is -2.12. The average Bonchev–Trinajstić information content (AvgIpc) is 2.98. The van der Waals surface area contributed by atoms with E-state index in [2.05, 4.69) is 9.99 Å². The van der Waals surface area contributed by atoms with E-state index in [0.29, 0.717) is 5.56 Å². The van der Waals surface area contributed by atoms with Crippen LogP contribution in [0.25, 0.3) is 16.7 Å². The van der Waals surface area contributed by atoms with E-state index < -0.39 is 10.9 Å². The van der Waals surface area contributed by atoms with Gasteiger partial charge >= 0.3 is 5.97 Å². The van der Waals surface area contributed by atoms with Crippen molar-refractivity contribution in [3.63, 3.8) is 0 Å². The molecule has 0 radical (unpaired) electrons. The van der Waals surface area contributed by atoms with Gasteiger partial charge in [-0.15, -0.1) is 0 Å². The Balaban J connectivity index is 2.10. The van der Waals surface area contributed by atoms with Crippen LogP contribution in [-0.2, 0) is 9.63 Å². The van der Waals surface area contributed by atoms with Crippen LogP contribution in [0.5, 0.6) is 0 Å². The van der Waals surface area contributed by atoms with Crippen molar-refractivity contribution >= 4 is 28.7 Å². The van der Waals surface area contributed by atoms with Gasteiger partial charge in [0.2, 0.25) is 5.78 Å². The van der Waals surface area contributed by atoms with Gasteiger partial charge in [-0.2, -0.15) is 0 Å². The Morgan fingerprint density at radius 3 is 2.11 bits per heavy atom. The highest BCUT2D eigenvalue weighted by Crippen LogP contribution is 2.47. The molecule has 0 N–H and O–H groups in total. The molecule has 0 saturated heterocycles. The van der Waals surface area contributed by atoms with Gasteiger partial charge in [-0.25, -0.2) is 4.79 Å². The Kier molecular flexibility index (Phi) is 4.92. The van der Waals surface area contributed by atoms with Crippen LogP contribution in [0.2, 0.25) is 0 Å². The number of rotatable bonds is 4. The number of nitrogens with zero attached hydrogens (tertiary/aromatic N) is 2. The second kappa shape index (κ2) is 7.19. The summed E-state index contributed by atoms with van der Waals surface area (Å²) in [5, 5.41) is 14.7. The fourth-order valence-corrected chi connectivity index (χ4v) is 3.28. The number of fused-ring (bicyclic) bond motifs is 3. The van der Waals surface area contributed by atoms with Gasteiger partial charge in [0.1, 0.15) is 5.71 Å². The van der Waals surface area contributed by atoms with Crippen LogP contribution in [0, 0.1) is 10.1 Å². The molecule has 7 heteroatoms. The van der Waals surface area contributed by atoms with Crippen LogP contribution in [0.3, 0.4) is 0 Å². The number of hydrogen-bond donors (Lipinski definition) is 0. The van der Waals surface area contributed by atoms with Crippen molar-refractivity contribution in [2.24, 2.45) is 5.16 Å². The largest absolute Gasteiger partial charge is 0.331 e. The molecule has 28 heavy (non-hydrogen) atoms. The number of carbonyl (C=O) groups excluding carboxylic acids is 2. The molecule has 1 aliphatic carbocycles. The quantitative estimate of drug-likeness (QED) is 0.218. The Labute approximate surface area is 161 Å². The molecule has 2 aromatic rings. The lowest BCUT2D eigenvalue weighted by atomic mass is 9.96. The topological polar surface area (TPSA) is 98.9 Å². The second-order valence-corrected chi connectivity index (χ2v) is 6.71. The third kappa shape index (κ3) is 3.34. The van der Waals surface area contributed by atoms with Crippen LogP contribution in [0.4, 0.5) is 5.69 Å². The van der Waals surface area contributed by atoms with Crippen LogP contribution < -0.4 is 0 Å². The second-order valence-electron chi connectivity index (χ2n) is 6.71. The van der Waals surface area contributed by atoms with E-state index >= 15 is 0 Å². The monoisotopic (exact) mass is 378 g/mol. The van der Waals surface area contributed by atoms with E-state index in [1.807, 2.05) is 19.9 Å². The van der Waals surface area contributed by atoms with Gasteiger partial charge in [0.05, 0.1) is 4.92 Å². The zero-order valence-corrected chi connectivity index (χ0v) is 15.9. The Bertz CT molecular complexity index is 1090. The first-order valence-electron chi connectivity index (χ1n) is 8.58. The molecule has 2 aromatic carbocycles. The van der Waals surface area contributed by atoms with Crippen LogP contribution >= 0.6 is 0 Å². The minimum atomic E-state index is -0.607. The average molecular weight is 378 g/mol. The SMILES string of the molecule is CC(=O)O/N=C(/C)C(=O)c1ccc2c(c1)C(=C(C)C)c1cc([N+](=O)[O-])ccc1-2. The molecule has 0 bridgehead atoms. The number of allylic oxidation sites excluding steroid dienone is 1. The Hall–Kier alpha value is -3.61. The van der Waals surface area contributed by atoms with Crippen molar-refractivity contribution in [3.8, 4) is 11.1 Å². The van der Waals surface area contributed by atoms with Gasteiger partial charge in [0.15, 0.2) is 0 Å². The number of carbonyl (C=O) groups is 2. The number of oxime groups is 1. The molecule has 0 spiro atoms. The zero-order valence-electron chi connectivity index (χ0n) is 15.9. The number of nitro benzene ring substituents is 1. The molecule has 0 atom stereocenters. The van der Waals surface area contributed by atoms with Gasteiger partial charge in [0.25, 0.3) is 5.69 Å². The van der Waals surface area contributed by atoms with Gasteiger partial charge < -0.3 is 4.84 Å². The van der Waals surface area contributed by atoms with Crippen molar-refractivity contribution in [2.45, 2.75) is 27.7 Å². The summed E-state index contributed by atoms with van der Waals surface area (Å²) in [5.74, 6) is -0.968. The number of nitro groups is 1. The molecule has 0 aromatic heterocycles. The molecule has 0 heterocycles. The van der Waals surface area contributed by atoms with E-state index in [1.165, 1.54) is 19.9 Å². The molecule has 0 amide bonds. The van der Waals surface area contributed by atoms with Crippen molar-refractivity contribution in [1.82, 2.24) is 0 Å². The fraction of sp³-hybridized carbons (Fsp3) is 0.190. The van der Waals surface area contributed by atoms with E-state index in [9.17, 15) is 19.7 Å². The van der Waals surface area contributed by atoms with E-state index in [-0.39, 0.29) is 17.2 Å². The Morgan fingerprint density at radius 2 is 1.54 bits per heavy atom. The summed E-state index contributed by atoms with van der Waals surface area (Å²) in [5.41, 5.74) is 5.74. The summed E-state index contributed by atoms with van der Waals surface area (Å²) in [7, 11) is 0. The molecule has 3 rings (SSSR count). The predicted molar refractivity (Wildman–Crippen MR) is 105 cm³/mol. The van der Waals surface area contributed by atoms with Gasteiger partial charge in [-0.05, 0) is 60.7 Å². The first-order valence-corrected chi connectivity index (χ1v) is 8.58. The smallest absolute Gasteiger partial charge is 0.318 e.